The first-order valence-corrected chi connectivity index (χ1v) is 5.97. The zero-order valence-electron chi connectivity index (χ0n) is 10.7. The lowest BCUT2D eigenvalue weighted by molar-refractivity contribution is 0.183. The predicted molar refractivity (Wildman–Crippen MR) is 67.2 cm³/mol. The lowest BCUT2D eigenvalue weighted by atomic mass is 9.93. The van der Waals surface area contributed by atoms with Gasteiger partial charge in [0, 0.05) is 25.5 Å². The average molecular weight is 224 g/mol. The van der Waals surface area contributed by atoms with Crippen LogP contribution in [0.15, 0.2) is 18.5 Å². The molecule has 16 heavy (non-hydrogen) atoms. The van der Waals surface area contributed by atoms with Gasteiger partial charge in [0.15, 0.2) is 0 Å². The maximum Gasteiger partial charge on any atom is 0.0536 e. The number of rotatable bonds is 7. The van der Waals surface area contributed by atoms with E-state index in [1.54, 1.807) is 0 Å². The fourth-order valence-electron chi connectivity index (χ4n) is 1.70. The average Bonchev–Trinajstić information content (AvgIpc) is 2.77. The lowest BCUT2D eigenvalue weighted by Gasteiger charge is -2.30. The van der Waals surface area contributed by atoms with E-state index in [4.69, 9.17) is 5.73 Å². The zero-order chi connectivity index (χ0) is 12.0. The SMILES string of the molecule is CCN(CCn1cccn1)CC(C)(C)CN. The van der Waals surface area contributed by atoms with Crippen molar-refractivity contribution in [1.29, 1.82) is 0 Å². The fourth-order valence-corrected chi connectivity index (χ4v) is 1.70. The Labute approximate surface area is 98.4 Å². The van der Waals surface area contributed by atoms with Gasteiger partial charge in [0.2, 0.25) is 0 Å². The van der Waals surface area contributed by atoms with Gasteiger partial charge in [-0.05, 0) is 24.6 Å². The summed E-state index contributed by atoms with van der Waals surface area (Å²) in [5.74, 6) is 0. The van der Waals surface area contributed by atoms with Crippen molar-refractivity contribution in [3.8, 4) is 0 Å². The van der Waals surface area contributed by atoms with Crippen LogP contribution in [-0.2, 0) is 6.54 Å². The Morgan fingerprint density at radius 1 is 1.44 bits per heavy atom. The van der Waals surface area contributed by atoms with Crippen molar-refractivity contribution >= 4 is 0 Å². The van der Waals surface area contributed by atoms with Crippen LogP contribution in [0.25, 0.3) is 0 Å². The lowest BCUT2D eigenvalue weighted by Crippen LogP contribution is -2.40. The molecule has 0 spiro atoms. The Hall–Kier alpha value is -0.870. The Balaban J connectivity index is 2.37. The summed E-state index contributed by atoms with van der Waals surface area (Å²) in [6, 6.07) is 1.96. The molecular formula is C12H24N4. The fraction of sp³-hybridized carbons (Fsp3) is 0.750. The number of hydrogen-bond acceptors (Lipinski definition) is 3. The number of aromatic nitrogens is 2. The highest BCUT2D eigenvalue weighted by Gasteiger charge is 2.18. The van der Waals surface area contributed by atoms with Gasteiger partial charge in [-0.25, -0.2) is 0 Å². The minimum atomic E-state index is 0.195. The Bertz CT molecular complexity index is 279. The first-order chi connectivity index (χ1) is 7.57. The van der Waals surface area contributed by atoms with Crippen LogP contribution >= 0.6 is 0 Å². The molecule has 0 saturated carbocycles. The molecule has 1 heterocycles. The van der Waals surface area contributed by atoms with Crippen LogP contribution < -0.4 is 5.73 Å². The third-order valence-corrected chi connectivity index (χ3v) is 2.86. The van der Waals surface area contributed by atoms with Crippen LogP contribution in [0.4, 0.5) is 0 Å². The monoisotopic (exact) mass is 224 g/mol. The molecule has 1 aromatic heterocycles. The zero-order valence-corrected chi connectivity index (χ0v) is 10.7. The summed E-state index contributed by atoms with van der Waals surface area (Å²) in [5, 5.41) is 4.20. The first-order valence-electron chi connectivity index (χ1n) is 5.97. The van der Waals surface area contributed by atoms with Gasteiger partial charge in [-0.1, -0.05) is 20.8 Å². The van der Waals surface area contributed by atoms with Crippen molar-refractivity contribution in [3.63, 3.8) is 0 Å². The third kappa shape index (κ3) is 4.33. The molecule has 1 aromatic rings. The van der Waals surface area contributed by atoms with Gasteiger partial charge >= 0.3 is 0 Å². The highest BCUT2D eigenvalue weighted by molar-refractivity contribution is 4.79. The van der Waals surface area contributed by atoms with Crippen LogP contribution in [0.1, 0.15) is 20.8 Å². The molecule has 92 valence electrons. The van der Waals surface area contributed by atoms with Crippen molar-refractivity contribution in [1.82, 2.24) is 14.7 Å². The minimum absolute atomic E-state index is 0.195. The molecule has 0 aliphatic rings. The summed E-state index contributed by atoms with van der Waals surface area (Å²) in [5.41, 5.74) is 5.95. The van der Waals surface area contributed by atoms with E-state index in [0.29, 0.717) is 0 Å². The molecule has 0 bridgehead atoms. The molecule has 0 amide bonds. The maximum absolute atomic E-state index is 5.76. The van der Waals surface area contributed by atoms with Crippen LogP contribution in [-0.4, -0.2) is 40.9 Å². The van der Waals surface area contributed by atoms with Gasteiger partial charge in [0.1, 0.15) is 0 Å². The second-order valence-corrected chi connectivity index (χ2v) is 5.01. The molecule has 0 aliphatic carbocycles. The minimum Gasteiger partial charge on any atom is -0.330 e. The van der Waals surface area contributed by atoms with Gasteiger partial charge in [-0.3, -0.25) is 4.68 Å². The molecule has 0 aromatic carbocycles. The summed E-state index contributed by atoms with van der Waals surface area (Å²) < 4.78 is 1.97. The normalized spacial score (nSPS) is 12.3. The van der Waals surface area contributed by atoms with Crippen molar-refractivity contribution in [2.45, 2.75) is 27.3 Å². The van der Waals surface area contributed by atoms with E-state index in [1.807, 2.05) is 23.1 Å². The highest BCUT2D eigenvalue weighted by atomic mass is 15.3. The first kappa shape index (κ1) is 13.2. The molecule has 0 unspecified atom stereocenters. The van der Waals surface area contributed by atoms with E-state index in [2.05, 4.69) is 30.8 Å². The van der Waals surface area contributed by atoms with E-state index < -0.39 is 0 Å². The quantitative estimate of drug-likeness (QED) is 0.757. The second-order valence-electron chi connectivity index (χ2n) is 5.01. The molecule has 4 nitrogen and oxygen atoms in total. The largest absolute Gasteiger partial charge is 0.330 e. The smallest absolute Gasteiger partial charge is 0.0536 e. The topological polar surface area (TPSA) is 47.1 Å². The maximum atomic E-state index is 5.76. The van der Waals surface area contributed by atoms with Gasteiger partial charge in [-0.2, -0.15) is 5.10 Å². The molecule has 0 saturated heterocycles. The molecule has 0 aliphatic heterocycles. The van der Waals surface area contributed by atoms with Crippen LogP contribution in [0.2, 0.25) is 0 Å². The summed E-state index contributed by atoms with van der Waals surface area (Å²) in [6.07, 6.45) is 3.82. The van der Waals surface area contributed by atoms with Crippen molar-refractivity contribution < 1.29 is 0 Å². The molecule has 1 rings (SSSR count). The molecule has 0 fully saturated rings. The van der Waals surface area contributed by atoms with E-state index >= 15 is 0 Å². The second kappa shape index (κ2) is 6.01. The van der Waals surface area contributed by atoms with Crippen molar-refractivity contribution in [2.24, 2.45) is 11.1 Å². The molecule has 0 atom stereocenters. The van der Waals surface area contributed by atoms with Gasteiger partial charge in [-0.15, -0.1) is 0 Å². The van der Waals surface area contributed by atoms with E-state index in [0.717, 1.165) is 32.7 Å². The Morgan fingerprint density at radius 2 is 2.19 bits per heavy atom. The number of nitrogens with two attached hydrogens (primary N) is 1. The number of likely N-dealkylation sites (N-methyl/N-ethyl adjacent to an activating group) is 1. The molecule has 0 radical (unpaired) electrons. The summed E-state index contributed by atoms with van der Waals surface area (Å²) in [6.45, 7) is 11.4. The summed E-state index contributed by atoms with van der Waals surface area (Å²) in [4.78, 5) is 2.43. The summed E-state index contributed by atoms with van der Waals surface area (Å²) >= 11 is 0. The van der Waals surface area contributed by atoms with Crippen LogP contribution in [0, 0.1) is 5.41 Å². The molecule has 2 N–H and O–H groups in total. The summed E-state index contributed by atoms with van der Waals surface area (Å²) in [7, 11) is 0. The third-order valence-electron chi connectivity index (χ3n) is 2.86. The van der Waals surface area contributed by atoms with Crippen LogP contribution in [0.5, 0.6) is 0 Å². The van der Waals surface area contributed by atoms with Gasteiger partial charge < -0.3 is 10.6 Å². The van der Waals surface area contributed by atoms with E-state index in [9.17, 15) is 0 Å². The highest BCUT2D eigenvalue weighted by Crippen LogP contribution is 2.14. The Kier molecular flexibility index (Phi) is 4.96. The molecular weight excluding hydrogens is 200 g/mol. The van der Waals surface area contributed by atoms with E-state index in [1.165, 1.54) is 0 Å². The number of nitrogens with zero attached hydrogens (tertiary/aromatic N) is 3. The van der Waals surface area contributed by atoms with Crippen molar-refractivity contribution in [3.05, 3.63) is 18.5 Å². The standard InChI is InChI=1S/C12H24N4/c1-4-15(11-12(2,3)10-13)8-9-16-7-5-6-14-16/h5-7H,4,8-11,13H2,1-3H3. The van der Waals surface area contributed by atoms with Crippen molar-refractivity contribution in [2.75, 3.05) is 26.2 Å². The predicted octanol–water partition coefficient (Wildman–Crippen LogP) is 1.19. The van der Waals surface area contributed by atoms with E-state index in [-0.39, 0.29) is 5.41 Å². The van der Waals surface area contributed by atoms with Crippen LogP contribution in [0.3, 0.4) is 0 Å². The number of hydrogen-bond donors (Lipinski definition) is 1. The molecule has 4 heteroatoms. The van der Waals surface area contributed by atoms with Gasteiger partial charge in [0.25, 0.3) is 0 Å². The van der Waals surface area contributed by atoms with Gasteiger partial charge in [0.05, 0.1) is 6.54 Å². The Morgan fingerprint density at radius 3 is 2.69 bits per heavy atom.